The molecule has 3 heterocycles. The first-order valence-electron chi connectivity index (χ1n) is 7.77. The van der Waals surface area contributed by atoms with Crippen LogP contribution in [-0.2, 0) is 11.3 Å². The average Bonchev–Trinajstić information content (AvgIpc) is 3.18. The van der Waals surface area contributed by atoms with Gasteiger partial charge in [-0.25, -0.2) is 0 Å². The Morgan fingerprint density at radius 2 is 2.17 bits per heavy atom. The number of benzene rings is 1. The summed E-state index contributed by atoms with van der Waals surface area (Å²) in [7, 11) is 0. The van der Waals surface area contributed by atoms with Gasteiger partial charge in [0, 0.05) is 23.7 Å². The van der Waals surface area contributed by atoms with E-state index >= 15 is 0 Å². The zero-order valence-corrected chi connectivity index (χ0v) is 12.7. The standard InChI is InChI=1S/C17H18N4O2/c1-2-6-21-12-13(11-18-21)17-15-10-14(4-5-16(15)19-20-17)23-9-8-22-7-3-1/h1,3-5,10-12H,2,6-9H2,(H,19,20)/b3-1+. The van der Waals surface area contributed by atoms with E-state index in [2.05, 4.69) is 21.4 Å². The number of fused-ring (bicyclic) bond motifs is 4. The van der Waals surface area contributed by atoms with Crippen molar-refractivity contribution in [1.29, 1.82) is 0 Å². The fraction of sp³-hybridized carbons (Fsp3) is 0.294. The molecule has 0 spiro atoms. The highest BCUT2D eigenvalue weighted by Crippen LogP contribution is 2.29. The zero-order valence-electron chi connectivity index (χ0n) is 12.7. The number of H-pyrrole nitrogens is 1. The van der Waals surface area contributed by atoms with Gasteiger partial charge in [0.2, 0.25) is 0 Å². The van der Waals surface area contributed by atoms with Crippen LogP contribution in [0.5, 0.6) is 5.75 Å². The molecular formula is C17H18N4O2. The van der Waals surface area contributed by atoms with Gasteiger partial charge in [0.15, 0.2) is 0 Å². The maximum Gasteiger partial charge on any atom is 0.120 e. The number of allylic oxidation sites excluding steroid dienone is 1. The Kier molecular flexibility index (Phi) is 3.81. The van der Waals surface area contributed by atoms with E-state index in [0.29, 0.717) is 19.8 Å². The monoisotopic (exact) mass is 310 g/mol. The fourth-order valence-electron chi connectivity index (χ4n) is 2.67. The SMILES string of the molecule is C1=C/COCCOc2ccc3[nH]nc(c3c2)-c2cnn(c2)CC/1. The molecule has 3 aromatic rings. The zero-order chi connectivity index (χ0) is 15.5. The van der Waals surface area contributed by atoms with Crippen molar-refractivity contribution in [2.75, 3.05) is 19.8 Å². The van der Waals surface area contributed by atoms with E-state index in [9.17, 15) is 0 Å². The maximum absolute atomic E-state index is 5.76. The van der Waals surface area contributed by atoms with E-state index in [4.69, 9.17) is 9.47 Å². The molecular weight excluding hydrogens is 292 g/mol. The summed E-state index contributed by atoms with van der Waals surface area (Å²) in [6.45, 7) is 2.55. The van der Waals surface area contributed by atoms with Gasteiger partial charge in [0.1, 0.15) is 18.1 Å². The Bertz CT molecular complexity index is 834. The maximum atomic E-state index is 5.76. The molecule has 4 bridgehead atoms. The number of ether oxygens (including phenoxy) is 2. The quantitative estimate of drug-likeness (QED) is 0.648. The minimum absolute atomic E-state index is 0.532. The molecule has 1 aliphatic heterocycles. The Labute approximate surface area is 133 Å². The highest BCUT2D eigenvalue weighted by atomic mass is 16.5. The lowest BCUT2D eigenvalue weighted by molar-refractivity contribution is 0.121. The molecule has 0 fully saturated rings. The second kappa shape index (κ2) is 6.26. The third-order valence-corrected chi connectivity index (χ3v) is 3.84. The van der Waals surface area contributed by atoms with Crippen molar-refractivity contribution in [2.45, 2.75) is 13.0 Å². The molecule has 6 heteroatoms. The molecule has 0 radical (unpaired) electrons. The predicted molar refractivity (Wildman–Crippen MR) is 87.4 cm³/mol. The van der Waals surface area contributed by atoms with E-state index in [1.807, 2.05) is 41.4 Å². The van der Waals surface area contributed by atoms with Crippen LogP contribution < -0.4 is 4.74 Å². The van der Waals surface area contributed by atoms with Crippen LogP contribution in [0, 0.1) is 0 Å². The Morgan fingerprint density at radius 3 is 3.17 bits per heavy atom. The van der Waals surface area contributed by atoms with Gasteiger partial charge in [-0.3, -0.25) is 9.78 Å². The van der Waals surface area contributed by atoms with Crippen LogP contribution in [0.4, 0.5) is 0 Å². The first-order chi connectivity index (χ1) is 11.4. The minimum Gasteiger partial charge on any atom is -0.491 e. The van der Waals surface area contributed by atoms with Gasteiger partial charge in [0.05, 0.1) is 24.9 Å². The molecule has 0 atom stereocenters. The molecule has 2 aromatic heterocycles. The van der Waals surface area contributed by atoms with Gasteiger partial charge in [-0.05, 0) is 24.6 Å². The van der Waals surface area contributed by atoms with Crippen LogP contribution in [0.15, 0.2) is 42.7 Å². The summed E-state index contributed by atoms with van der Waals surface area (Å²) in [5.74, 6) is 0.818. The molecule has 118 valence electrons. The molecule has 1 aliphatic rings. The molecule has 1 aromatic carbocycles. The third kappa shape index (κ3) is 2.98. The molecule has 4 rings (SSSR count). The Morgan fingerprint density at radius 1 is 1.17 bits per heavy atom. The van der Waals surface area contributed by atoms with Crippen molar-refractivity contribution >= 4 is 10.9 Å². The number of hydrogen-bond acceptors (Lipinski definition) is 4. The van der Waals surface area contributed by atoms with Gasteiger partial charge < -0.3 is 9.47 Å². The van der Waals surface area contributed by atoms with Crippen LogP contribution >= 0.6 is 0 Å². The Hall–Kier alpha value is -2.60. The number of aromatic nitrogens is 4. The predicted octanol–water partition coefficient (Wildman–Crippen LogP) is 2.78. The van der Waals surface area contributed by atoms with Crippen LogP contribution in [0.25, 0.3) is 22.2 Å². The fourth-order valence-corrected chi connectivity index (χ4v) is 2.67. The normalized spacial score (nSPS) is 17.2. The van der Waals surface area contributed by atoms with E-state index in [0.717, 1.165) is 40.9 Å². The largest absolute Gasteiger partial charge is 0.491 e. The highest BCUT2D eigenvalue weighted by molar-refractivity contribution is 5.93. The van der Waals surface area contributed by atoms with Gasteiger partial charge in [-0.1, -0.05) is 12.2 Å². The molecule has 6 nitrogen and oxygen atoms in total. The van der Waals surface area contributed by atoms with Crippen molar-refractivity contribution in [3.8, 4) is 17.0 Å². The van der Waals surface area contributed by atoms with E-state index in [-0.39, 0.29) is 0 Å². The topological polar surface area (TPSA) is 65.0 Å². The van der Waals surface area contributed by atoms with Crippen LogP contribution in [0.3, 0.4) is 0 Å². The molecule has 0 aliphatic carbocycles. The molecule has 1 N–H and O–H groups in total. The summed E-state index contributed by atoms with van der Waals surface area (Å²) in [4.78, 5) is 0. The molecule has 23 heavy (non-hydrogen) atoms. The lowest BCUT2D eigenvalue weighted by Gasteiger charge is -2.06. The minimum atomic E-state index is 0.532. The first-order valence-corrected chi connectivity index (χ1v) is 7.77. The molecule has 0 saturated carbocycles. The summed E-state index contributed by atoms with van der Waals surface area (Å²) >= 11 is 0. The lowest BCUT2D eigenvalue weighted by atomic mass is 10.1. The van der Waals surface area contributed by atoms with Crippen molar-refractivity contribution in [3.63, 3.8) is 0 Å². The summed E-state index contributed by atoms with van der Waals surface area (Å²) in [5, 5.41) is 13.0. The number of nitrogens with zero attached hydrogens (tertiary/aromatic N) is 3. The second-order valence-corrected chi connectivity index (χ2v) is 5.46. The third-order valence-electron chi connectivity index (χ3n) is 3.84. The molecule has 0 amide bonds. The summed E-state index contributed by atoms with van der Waals surface area (Å²) in [5.41, 5.74) is 2.89. The van der Waals surface area contributed by atoms with Gasteiger partial charge >= 0.3 is 0 Å². The average molecular weight is 310 g/mol. The molecule has 0 saturated heterocycles. The van der Waals surface area contributed by atoms with Crippen molar-refractivity contribution < 1.29 is 9.47 Å². The smallest absolute Gasteiger partial charge is 0.120 e. The molecule has 0 unspecified atom stereocenters. The number of hydrogen-bond donors (Lipinski definition) is 1. The van der Waals surface area contributed by atoms with Crippen LogP contribution in [-0.4, -0.2) is 39.8 Å². The second-order valence-electron chi connectivity index (χ2n) is 5.46. The highest BCUT2D eigenvalue weighted by Gasteiger charge is 2.11. The van der Waals surface area contributed by atoms with E-state index in [1.165, 1.54) is 0 Å². The van der Waals surface area contributed by atoms with Crippen molar-refractivity contribution in [1.82, 2.24) is 20.0 Å². The first kappa shape index (κ1) is 14.0. The number of aromatic amines is 1. The summed E-state index contributed by atoms with van der Waals surface area (Å²) in [6.07, 6.45) is 8.96. The van der Waals surface area contributed by atoms with Gasteiger partial charge in [0.25, 0.3) is 0 Å². The van der Waals surface area contributed by atoms with Crippen molar-refractivity contribution in [3.05, 3.63) is 42.7 Å². The van der Waals surface area contributed by atoms with Gasteiger partial charge in [-0.2, -0.15) is 10.2 Å². The van der Waals surface area contributed by atoms with Gasteiger partial charge in [-0.15, -0.1) is 0 Å². The van der Waals surface area contributed by atoms with Crippen LogP contribution in [0.2, 0.25) is 0 Å². The lowest BCUT2D eigenvalue weighted by Crippen LogP contribution is -2.06. The Balaban J connectivity index is 1.73. The number of nitrogens with one attached hydrogen (secondary N) is 1. The summed E-state index contributed by atoms with van der Waals surface area (Å²) in [6, 6.07) is 5.94. The summed E-state index contributed by atoms with van der Waals surface area (Å²) < 4.78 is 13.2. The van der Waals surface area contributed by atoms with E-state index < -0.39 is 0 Å². The van der Waals surface area contributed by atoms with Crippen LogP contribution in [0.1, 0.15) is 6.42 Å². The van der Waals surface area contributed by atoms with Crippen molar-refractivity contribution in [2.24, 2.45) is 0 Å². The van der Waals surface area contributed by atoms with E-state index in [1.54, 1.807) is 0 Å². The number of aryl methyl sites for hydroxylation is 1. The number of rotatable bonds is 0.